The predicted octanol–water partition coefficient (Wildman–Crippen LogP) is 13.2. The van der Waals surface area contributed by atoms with Crippen molar-refractivity contribution < 1.29 is 9.53 Å². The Kier molecular flexibility index (Phi) is 10.4. The summed E-state index contributed by atoms with van der Waals surface area (Å²) in [5.41, 5.74) is 4.09. The molecule has 10 heteroatoms. The van der Waals surface area contributed by atoms with Gasteiger partial charge in [0.2, 0.25) is 0 Å². The van der Waals surface area contributed by atoms with Gasteiger partial charge in [0.25, 0.3) is 0 Å². The molecule has 1 aromatic heterocycles. The van der Waals surface area contributed by atoms with E-state index in [4.69, 9.17) is 9.85 Å². The molecule has 0 unspecified atom stereocenters. The number of thiophene rings is 1. The molecule has 0 saturated carbocycles. The molecule has 5 aromatic carbocycles. The van der Waals surface area contributed by atoms with E-state index in [-0.39, 0.29) is 5.97 Å². The van der Waals surface area contributed by atoms with Crippen molar-refractivity contribution in [3.8, 4) is 0 Å². The second-order valence-electron chi connectivity index (χ2n) is 12.1. The molecule has 1 aliphatic heterocycles. The summed E-state index contributed by atoms with van der Waals surface area (Å²) in [7, 11) is 0. The van der Waals surface area contributed by atoms with Gasteiger partial charge in [-0.2, -0.15) is 5.11 Å². The lowest BCUT2D eigenvalue weighted by molar-refractivity contribution is 0.0498. The van der Waals surface area contributed by atoms with E-state index in [0.717, 1.165) is 76.0 Å². The standard InChI is InChI=1S/C40H37N7O2S/c1-2-3-10-27-49-40(48)28-15-17-29(18-16-28)41-42-34-19-20-35(31-12-5-4-11-30(31)34)43-44-36-21-22-37(33-14-7-6-13-32(33)36)45-46-38-23-24-39(50-38)47-25-8-9-26-47/h4-7,11-24H,2-3,8-10,25-27H2,1H3. The summed E-state index contributed by atoms with van der Waals surface area (Å²) in [4.78, 5) is 14.7. The van der Waals surface area contributed by atoms with Crippen LogP contribution < -0.4 is 4.90 Å². The van der Waals surface area contributed by atoms with Gasteiger partial charge in [-0.1, -0.05) is 79.6 Å². The third-order valence-electron chi connectivity index (χ3n) is 8.63. The maximum Gasteiger partial charge on any atom is 0.338 e. The number of ether oxygens (including phenoxy) is 1. The van der Waals surface area contributed by atoms with Crippen LogP contribution in [0.4, 0.5) is 38.4 Å². The number of nitrogens with zero attached hydrogens (tertiary/aromatic N) is 7. The number of azo groups is 3. The molecular weight excluding hydrogens is 643 g/mol. The van der Waals surface area contributed by atoms with E-state index >= 15 is 0 Å². The average Bonchev–Trinajstić information content (AvgIpc) is 3.88. The van der Waals surface area contributed by atoms with Crippen LogP contribution in [0.1, 0.15) is 49.4 Å². The molecule has 1 aliphatic rings. The minimum atomic E-state index is -0.324. The highest BCUT2D eigenvalue weighted by Gasteiger charge is 2.14. The molecule has 1 fully saturated rings. The number of carbonyl (C=O) groups is 1. The lowest BCUT2D eigenvalue weighted by atomic mass is 10.1. The Bertz CT molecular complexity index is 2200. The summed E-state index contributed by atoms with van der Waals surface area (Å²) in [6.07, 6.45) is 5.48. The van der Waals surface area contributed by atoms with Crippen molar-refractivity contribution >= 4 is 77.3 Å². The summed E-state index contributed by atoms with van der Waals surface area (Å²) in [5, 5.41) is 33.4. The molecule has 0 N–H and O–H groups in total. The van der Waals surface area contributed by atoms with Gasteiger partial charge in [-0.25, -0.2) is 4.79 Å². The molecule has 0 bridgehead atoms. The van der Waals surface area contributed by atoms with E-state index in [2.05, 4.69) is 43.5 Å². The second kappa shape index (κ2) is 15.7. The number of rotatable bonds is 12. The van der Waals surface area contributed by atoms with Gasteiger partial charge in [-0.15, -0.1) is 25.6 Å². The molecule has 50 heavy (non-hydrogen) atoms. The van der Waals surface area contributed by atoms with Gasteiger partial charge in [0, 0.05) is 34.6 Å². The number of unbranched alkanes of at least 4 members (excludes halogenated alkanes) is 2. The fourth-order valence-corrected chi connectivity index (χ4v) is 6.83. The number of esters is 1. The zero-order valence-electron chi connectivity index (χ0n) is 27.9. The first kappa shape index (κ1) is 32.9. The Morgan fingerprint density at radius 3 is 1.68 bits per heavy atom. The Morgan fingerprint density at radius 1 is 0.620 bits per heavy atom. The van der Waals surface area contributed by atoms with Crippen molar-refractivity contribution in [2.75, 3.05) is 24.6 Å². The maximum absolute atomic E-state index is 12.3. The van der Waals surface area contributed by atoms with Gasteiger partial charge in [0.15, 0.2) is 0 Å². The number of carbonyl (C=O) groups excluding carboxylic acids is 1. The van der Waals surface area contributed by atoms with E-state index in [1.165, 1.54) is 17.8 Å². The van der Waals surface area contributed by atoms with Crippen LogP contribution in [0.15, 0.2) is 140 Å². The topological polar surface area (TPSA) is 104 Å². The first-order valence-corrected chi connectivity index (χ1v) is 17.9. The van der Waals surface area contributed by atoms with E-state index in [1.807, 2.05) is 78.9 Å². The van der Waals surface area contributed by atoms with Crippen LogP contribution in [0.2, 0.25) is 0 Å². The van der Waals surface area contributed by atoms with Crippen LogP contribution in [0.3, 0.4) is 0 Å². The quantitative estimate of drug-likeness (QED) is 0.0730. The third-order valence-corrected chi connectivity index (χ3v) is 9.66. The van der Waals surface area contributed by atoms with Crippen molar-refractivity contribution in [2.24, 2.45) is 30.7 Å². The second-order valence-corrected chi connectivity index (χ2v) is 13.1. The van der Waals surface area contributed by atoms with Crippen molar-refractivity contribution in [3.05, 3.63) is 115 Å². The van der Waals surface area contributed by atoms with Crippen molar-refractivity contribution in [3.63, 3.8) is 0 Å². The zero-order valence-corrected chi connectivity index (χ0v) is 28.7. The van der Waals surface area contributed by atoms with Crippen molar-refractivity contribution in [1.29, 1.82) is 0 Å². The summed E-state index contributed by atoms with van der Waals surface area (Å²) in [6, 6.07) is 34.8. The Morgan fingerprint density at radius 2 is 1.14 bits per heavy atom. The first-order valence-electron chi connectivity index (χ1n) is 17.1. The largest absolute Gasteiger partial charge is 0.462 e. The molecule has 250 valence electrons. The molecule has 7 rings (SSSR count). The van der Waals surface area contributed by atoms with E-state index in [1.54, 1.807) is 35.6 Å². The fraction of sp³-hybridized carbons (Fsp3) is 0.225. The summed E-state index contributed by atoms with van der Waals surface area (Å²) < 4.78 is 5.35. The van der Waals surface area contributed by atoms with Gasteiger partial charge in [0.05, 0.1) is 45.6 Å². The van der Waals surface area contributed by atoms with Crippen LogP contribution in [0.5, 0.6) is 0 Å². The summed E-state index contributed by atoms with van der Waals surface area (Å²) in [5.74, 6) is -0.324. The number of fused-ring (bicyclic) bond motifs is 2. The number of hydrogen-bond acceptors (Lipinski definition) is 10. The van der Waals surface area contributed by atoms with Crippen LogP contribution in [0.25, 0.3) is 21.5 Å². The van der Waals surface area contributed by atoms with Crippen LogP contribution in [-0.4, -0.2) is 25.7 Å². The van der Waals surface area contributed by atoms with E-state index in [0.29, 0.717) is 23.5 Å². The molecule has 0 spiro atoms. The Hall–Kier alpha value is -5.61. The summed E-state index contributed by atoms with van der Waals surface area (Å²) >= 11 is 1.68. The molecule has 0 aliphatic carbocycles. The smallest absolute Gasteiger partial charge is 0.338 e. The maximum atomic E-state index is 12.3. The predicted molar refractivity (Wildman–Crippen MR) is 202 cm³/mol. The minimum absolute atomic E-state index is 0.324. The number of hydrogen-bond donors (Lipinski definition) is 0. The van der Waals surface area contributed by atoms with Crippen LogP contribution in [0, 0.1) is 0 Å². The normalized spacial score (nSPS) is 13.5. The van der Waals surface area contributed by atoms with Gasteiger partial charge >= 0.3 is 5.97 Å². The van der Waals surface area contributed by atoms with Crippen LogP contribution in [-0.2, 0) is 4.74 Å². The monoisotopic (exact) mass is 679 g/mol. The van der Waals surface area contributed by atoms with Gasteiger partial charge in [-0.05, 0) is 79.9 Å². The number of anilines is 1. The Labute approximate surface area is 295 Å². The molecule has 6 aromatic rings. The van der Waals surface area contributed by atoms with Crippen molar-refractivity contribution in [1.82, 2.24) is 0 Å². The number of benzene rings is 5. The molecule has 2 heterocycles. The molecule has 9 nitrogen and oxygen atoms in total. The van der Waals surface area contributed by atoms with Crippen molar-refractivity contribution in [2.45, 2.75) is 39.0 Å². The van der Waals surface area contributed by atoms with Gasteiger partial charge in [-0.3, -0.25) is 0 Å². The fourth-order valence-electron chi connectivity index (χ4n) is 5.95. The molecule has 0 atom stereocenters. The average molecular weight is 680 g/mol. The van der Waals surface area contributed by atoms with E-state index < -0.39 is 0 Å². The minimum Gasteiger partial charge on any atom is -0.462 e. The highest BCUT2D eigenvalue weighted by atomic mass is 32.1. The lowest BCUT2D eigenvalue weighted by Gasteiger charge is -2.13. The highest BCUT2D eigenvalue weighted by molar-refractivity contribution is 7.19. The molecule has 1 saturated heterocycles. The van der Waals surface area contributed by atoms with Gasteiger partial charge in [0.1, 0.15) is 5.00 Å². The highest BCUT2D eigenvalue weighted by Crippen LogP contribution is 2.39. The molecule has 0 amide bonds. The van der Waals surface area contributed by atoms with E-state index in [9.17, 15) is 4.79 Å². The Balaban J connectivity index is 1.08. The van der Waals surface area contributed by atoms with Gasteiger partial charge < -0.3 is 9.64 Å². The summed E-state index contributed by atoms with van der Waals surface area (Å²) in [6.45, 7) is 4.77. The lowest BCUT2D eigenvalue weighted by Crippen LogP contribution is -2.15. The third kappa shape index (κ3) is 7.66. The van der Waals surface area contributed by atoms with Crippen LogP contribution >= 0.6 is 11.3 Å². The molecule has 0 radical (unpaired) electrons. The molecular formula is C40H37N7O2S. The SMILES string of the molecule is CCCCCOC(=O)c1ccc(N=Nc2ccc(N=Nc3ccc(N=Nc4ccc(N5CCCC5)s4)c4ccccc34)c3ccccc23)cc1. The first-order chi connectivity index (χ1) is 24.7. The zero-order chi connectivity index (χ0) is 34.1.